The van der Waals surface area contributed by atoms with Gasteiger partial charge in [-0.1, -0.05) is 0 Å². The molecule has 1 nitrogen and oxygen atoms in total. The Balaban J connectivity index is 2.34. The Labute approximate surface area is 48.6 Å². The van der Waals surface area contributed by atoms with Gasteiger partial charge in [0.1, 0.15) is 9.28 Å². The molecule has 0 saturated carbocycles. The fourth-order valence-electron chi connectivity index (χ4n) is 0.236. The van der Waals surface area contributed by atoms with Crippen LogP contribution in [0.5, 0.6) is 0 Å². The van der Waals surface area contributed by atoms with E-state index in [4.69, 9.17) is 4.12 Å². The summed E-state index contributed by atoms with van der Waals surface area (Å²) < 4.78 is 5.30. The molecule has 0 aliphatic carbocycles. The van der Waals surface area contributed by atoms with E-state index < -0.39 is 0 Å². The van der Waals surface area contributed by atoms with Gasteiger partial charge in [0.05, 0.1) is 0 Å². The Bertz CT molecular complexity index is 19.5. The lowest BCUT2D eigenvalue weighted by Gasteiger charge is -1.89. The molecule has 0 saturated heterocycles. The predicted octanol–water partition coefficient (Wildman–Crippen LogP) is -3.15. The summed E-state index contributed by atoms with van der Waals surface area (Å²) in [5.41, 5.74) is 0. The van der Waals surface area contributed by atoms with Gasteiger partial charge in [0, 0.05) is 8.55 Å². The first-order valence-electron chi connectivity index (χ1n) is 2.31. The molecular weight excluding hydrogens is 140 g/mol. The highest BCUT2D eigenvalue weighted by Gasteiger charge is 1.77. The predicted molar refractivity (Wildman–Crippen MR) is 41.1 cm³/mol. The zero-order chi connectivity index (χ0) is 4.83. The van der Waals surface area contributed by atoms with Gasteiger partial charge in [-0.15, -0.1) is 0 Å². The molecule has 0 spiro atoms. The topological polar surface area (TPSA) is 9.23 Å². The van der Waals surface area contributed by atoms with Crippen molar-refractivity contribution in [3.05, 3.63) is 0 Å². The highest BCUT2D eigenvalue weighted by Crippen LogP contribution is 1.57. The maximum absolute atomic E-state index is 5.30. The second-order valence-corrected chi connectivity index (χ2v) is 17.5. The molecule has 0 rings (SSSR count). The van der Waals surface area contributed by atoms with Crippen LogP contribution in [0.25, 0.3) is 0 Å². The van der Waals surface area contributed by atoms with Crippen LogP contribution in [0.4, 0.5) is 0 Å². The third-order valence-corrected chi connectivity index (χ3v) is 10.2. The highest BCUT2D eigenvalue weighted by atomic mass is 29.5. The van der Waals surface area contributed by atoms with Gasteiger partial charge in [-0.05, 0) is 16.3 Å². The summed E-state index contributed by atoms with van der Waals surface area (Å²) >= 11 is 0. The molecule has 0 aliphatic heterocycles. The summed E-state index contributed by atoms with van der Waals surface area (Å²) in [5, 5.41) is 0. The summed E-state index contributed by atoms with van der Waals surface area (Å²) in [4.78, 5) is 0. The minimum Gasteiger partial charge on any atom is -0.466 e. The lowest BCUT2D eigenvalue weighted by Crippen LogP contribution is -2.09. The van der Waals surface area contributed by atoms with Gasteiger partial charge in [-0.3, -0.25) is 0 Å². The number of hydrogen-bond acceptors (Lipinski definition) is 1. The monoisotopic (exact) mass is 151 g/mol. The van der Waals surface area contributed by atoms with Gasteiger partial charge >= 0.3 is 0 Å². The fraction of sp³-hybridized carbons (Fsp3) is 1.00. The molecular formula is CH11OSi4. The van der Waals surface area contributed by atoms with Gasteiger partial charge in [0.25, 0.3) is 0 Å². The SMILES string of the molecule is C[SiH]O[SiH2][SiH2][SiH3]. The zero-order valence-corrected chi connectivity index (χ0v) is 10.4. The molecule has 0 aliphatic rings. The lowest BCUT2D eigenvalue weighted by atomic mass is 11.9. The van der Waals surface area contributed by atoms with Crippen LogP contribution in [0.2, 0.25) is 6.55 Å². The molecule has 0 atom stereocenters. The third-order valence-electron chi connectivity index (χ3n) is 0.489. The van der Waals surface area contributed by atoms with E-state index in [1.807, 2.05) is 0 Å². The molecule has 1 radical (unpaired) electrons. The van der Waals surface area contributed by atoms with Crippen LogP contribution in [0.15, 0.2) is 0 Å². The largest absolute Gasteiger partial charge is 0.466 e. The molecule has 0 N–H and O–H groups in total. The van der Waals surface area contributed by atoms with Gasteiger partial charge in [-0.2, -0.15) is 0 Å². The van der Waals surface area contributed by atoms with Crippen LogP contribution in [-0.4, -0.2) is 37.4 Å². The van der Waals surface area contributed by atoms with Crippen LogP contribution in [-0.2, 0) is 4.12 Å². The summed E-state index contributed by atoms with van der Waals surface area (Å²) in [6.45, 7) is 2.17. The second kappa shape index (κ2) is 5.83. The van der Waals surface area contributed by atoms with E-state index in [9.17, 15) is 0 Å². The van der Waals surface area contributed by atoms with E-state index in [2.05, 4.69) is 6.55 Å². The number of rotatable bonds is 3. The quantitative estimate of drug-likeness (QED) is 0.306. The normalized spacial score (nSPS) is 13.5. The van der Waals surface area contributed by atoms with Crippen LogP contribution in [0, 0.1) is 0 Å². The van der Waals surface area contributed by atoms with Crippen molar-refractivity contribution in [2.24, 2.45) is 0 Å². The van der Waals surface area contributed by atoms with Crippen LogP contribution in [0.1, 0.15) is 0 Å². The van der Waals surface area contributed by atoms with Gasteiger partial charge < -0.3 is 4.12 Å². The van der Waals surface area contributed by atoms with Gasteiger partial charge in [-0.25, -0.2) is 0 Å². The lowest BCUT2D eigenvalue weighted by molar-refractivity contribution is 0.663. The first-order chi connectivity index (χ1) is 2.91. The average molecular weight is 151 g/mol. The van der Waals surface area contributed by atoms with E-state index in [0.717, 1.165) is 0 Å². The van der Waals surface area contributed by atoms with Crippen molar-refractivity contribution in [1.29, 1.82) is 0 Å². The number of hydrogen-bond donors (Lipinski definition) is 0. The Kier molecular flexibility index (Phi) is 6.63. The molecule has 0 bridgehead atoms. The molecule has 0 aromatic carbocycles. The minimum atomic E-state index is 0.159. The van der Waals surface area contributed by atoms with E-state index >= 15 is 0 Å². The standard InChI is InChI=1S/CH11OSi4/c1-4-2-5-6-3/h4H,5-6H2,1,3H3. The van der Waals surface area contributed by atoms with E-state index in [1.54, 1.807) is 0 Å². The van der Waals surface area contributed by atoms with Gasteiger partial charge in [0.15, 0.2) is 9.76 Å². The maximum Gasteiger partial charge on any atom is 0.174 e. The van der Waals surface area contributed by atoms with Crippen LogP contribution >= 0.6 is 0 Å². The van der Waals surface area contributed by atoms with Crippen molar-refractivity contribution in [1.82, 2.24) is 0 Å². The average Bonchev–Trinajstić information content (AvgIpc) is 1.61. The van der Waals surface area contributed by atoms with Crippen molar-refractivity contribution in [2.75, 3.05) is 0 Å². The maximum atomic E-state index is 5.30. The Morgan fingerprint density at radius 3 is 2.67 bits per heavy atom. The van der Waals surface area contributed by atoms with Crippen LogP contribution < -0.4 is 0 Å². The van der Waals surface area contributed by atoms with E-state index in [0.29, 0.717) is 18.3 Å². The molecule has 0 aromatic heterocycles. The van der Waals surface area contributed by atoms with E-state index in [1.165, 1.54) is 9.76 Å². The molecule has 0 fully saturated rings. The van der Waals surface area contributed by atoms with Crippen LogP contribution in [0.3, 0.4) is 0 Å². The minimum absolute atomic E-state index is 0.159. The highest BCUT2D eigenvalue weighted by molar-refractivity contribution is 7.22. The van der Waals surface area contributed by atoms with Gasteiger partial charge in [0.2, 0.25) is 0 Å². The summed E-state index contributed by atoms with van der Waals surface area (Å²) in [6.07, 6.45) is 0. The van der Waals surface area contributed by atoms with Crippen molar-refractivity contribution < 1.29 is 4.12 Å². The van der Waals surface area contributed by atoms with E-state index in [-0.39, 0.29) is 9.28 Å². The molecule has 0 heterocycles. The summed E-state index contributed by atoms with van der Waals surface area (Å²) in [7, 11) is 2.53. The molecule has 0 aromatic rings. The molecule has 0 amide bonds. The zero-order valence-electron chi connectivity index (χ0n) is 4.40. The molecule has 37 valence electrons. The molecule has 0 unspecified atom stereocenters. The molecule has 6 heavy (non-hydrogen) atoms. The summed E-state index contributed by atoms with van der Waals surface area (Å²) in [5.74, 6) is 0. The Morgan fingerprint density at radius 2 is 2.50 bits per heavy atom. The van der Waals surface area contributed by atoms with Crippen molar-refractivity contribution in [3.63, 3.8) is 0 Å². The first kappa shape index (κ1) is 6.83. The fourth-order valence-corrected chi connectivity index (χ4v) is 12.7. The molecule has 5 heteroatoms. The van der Waals surface area contributed by atoms with Crippen molar-refractivity contribution >= 4 is 37.4 Å². The third kappa shape index (κ3) is 4.83. The Hall–Kier alpha value is 0.828. The van der Waals surface area contributed by atoms with Crippen molar-refractivity contribution in [3.8, 4) is 0 Å². The smallest absolute Gasteiger partial charge is 0.174 e. The Morgan fingerprint density at radius 1 is 1.83 bits per heavy atom. The summed E-state index contributed by atoms with van der Waals surface area (Å²) in [6, 6.07) is 0. The second-order valence-electron chi connectivity index (χ2n) is 1.11. The van der Waals surface area contributed by atoms with Crippen molar-refractivity contribution in [2.45, 2.75) is 6.55 Å². The first-order valence-corrected chi connectivity index (χ1v) is 14.2.